The van der Waals surface area contributed by atoms with E-state index in [1.54, 1.807) is 0 Å². The van der Waals surface area contributed by atoms with E-state index in [4.69, 9.17) is 5.73 Å². The number of rotatable bonds is 4. The van der Waals surface area contributed by atoms with Gasteiger partial charge in [0.2, 0.25) is 5.91 Å². The Hall–Kier alpha value is -1.06. The monoisotopic (exact) mass is 240 g/mol. The van der Waals surface area contributed by atoms with Gasteiger partial charge >= 0.3 is 0 Å². The van der Waals surface area contributed by atoms with Crippen molar-refractivity contribution >= 4 is 18.3 Å². The third-order valence-corrected chi connectivity index (χ3v) is 2.56. The van der Waals surface area contributed by atoms with Gasteiger partial charge in [-0.3, -0.25) is 4.79 Å². The first-order valence-corrected chi connectivity index (χ1v) is 5.35. The molecule has 1 aliphatic carbocycles. The van der Waals surface area contributed by atoms with E-state index in [1.165, 1.54) is 0 Å². The van der Waals surface area contributed by atoms with E-state index in [-0.39, 0.29) is 18.3 Å². The number of halogens is 1. The first-order valence-electron chi connectivity index (χ1n) is 5.35. The largest absolute Gasteiger partial charge is 0.352 e. The molecule has 1 fully saturated rings. The SMILES string of the molecule is Cl.N[C@@H](Cc1ccccc1)C(=O)NC1CC1. The van der Waals surface area contributed by atoms with Crippen LogP contribution < -0.4 is 11.1 Å². The number of benzene rings is 1. The second kappa shape index (κ2) is 5.87. The molecule has 0 heterocycles. The fraction of sp³-hybridized carbons (Fsp3) is 0.417. The first kappa shape index (κ1) is 13.0. The summed E-state index contributed by atoms with van der Waals surface area (Å²) in [5, 5.41) is 2.91. The van der Waals surface area contributed by atoms with Crippen molar-refractivity contribution in [1.82, 2.24) is 5.32 Å². The molecule has 1 saturated carbocycles. The molecule has 0 aromatic heterocycles. The summed E-state index contributed by atoms with van der Waals surface area (Å²) in [6.07, 6.45) is 2.81. The van der Waals surface area contributed by atoms with Crippen LogP contribution in [-0.2, 0) is 11.2 Å². The van der Waals surface area contributed by atoms with Crippen LogP contribution in [0.2, 0.25) is 0 Å². The van der Waals surface area contributed by atoms with Gasteiger partial charge in [0.05, 0.1) is 6.04 Å². The third kappa shape index (κ3) is 3.83. The highest BCUT2D eigenvalue weighted by molar-refractivity contribution is 5.85. The lowest BCUT2D eigenvalue weighted by molar-refractivity contribution is -0.122. The second-order valence-corrected chi connectivity index (χ2v) is 4.08. The summed E-state index contributed by atoms with van der Waals surface area (Å²) in [6, 6.07) is 9.82. The maximum absolute atomic E-state index is 11.6. The summed E-state index contributed by atoms with van der Waals surface area (Å²) in [6.45, 7) is 0. The first-order chi connectivity index (χ1) is 7.25. The van der Waals surface area contributed by atoms with E-state index >= 15 is 0 Å². The van der Waals surface area contributed by atoms with Gasteiger partial charge in [0, 0.05) is 6.04 Å². The highest BCUT2D eigenvalue weighted by Gasteiger charge is 2.25. The van der Waals surface area contributed by atoms with Gasteiger partial charge in [-0.25, -0.2) is 0 Å². The van der Waals surface area contributed by atoms with Gasteiger partial charge < -0.3 is 11.1 Å². The molecule has 4 heteroatoms. The molecule has 0 saturated heterocycles. The van der Waals surface area contributed by atoms with Gasteiger partial charge in [-0.1, -0.05) is 30.3 Å². The van der Waals surface area contributed by atoms with Crippen LogP contribution in [-0.4, -0.2) is 18.0 Å². The fourth-order valence-corrected chi connectivity index (χ4v) is 1.50. The molecule has 3 N–H and O–H groups in total. The molecule has 1 atom stereocenters. The van der Waals surface area contributed by atoms with E-state index in [9.17, 15) is 4.79 Å². The molecule has 16 heavy (non-hydrogen) atoms. The Morgan fingerprint density at radius 2 is 2.00 bits per heavy atom. The maximum atomic E-state index is 11.6. The molecule has 0 aliphatic heterocycles. The predicted octanol–water partition coefficient (Wildman–Crippen LogP) is 1.26. The van der Waals surface area contributed by atoms with Gasteiger partial charge in [0.15, 0.2) is 0 Å². The Morgan fingerprint density at radius 3 is 2.56 bits per heavy atom. The lowest BCUT2D eigenvalue weighted by atomic mass is 10.1. The van der Waals surface area contributed by atoms with Crippen LogP contribution in [0.5, 0.6) is 0 Å². The zero-order valence-corrected chi connectivity index (χ0v) is 9.87. The normalized spacial score (nSPS) is 16.1. The van der Waals surface area contributed by atoms with Crippen molar-refractivity contribution in [2.75, 3.05) is 0 Å². The van der Waals surface area contributed by atoms with Crippen molar-refractivity contribution < 1.29 is 4.79 Å². The van der Waals surface area contributed by atoms with Crippen LogP contribution in [0.4, 0.5) is 0 Å². The maximum Gasteiger partial charge on any atom is 0.237 e. The fourth-order valence-electron chi connectivity index (χ4n) is 1.50. The lowest BCUT2D eigenvalue weighted by Gasteiger charge is -2.11. The highest BCUT2D eigenvalue weighted by atomic mass is 35.5. The Balaban J connectivity index is 0.00000128. The van der Waals surface area contributed by atoms with Crippen LogP contribution in [0.25, 0.3) is 0 Å². The number of carbonyl (C=O) groups is 1. The minimum absolute atomic E-state index is 0. The molecular formula is C12H17ClN2O. The molecule has 0 unspecified atom stereocenters. The smallest absolute Gasteiger partial charge is 0.237 e. The number of carbonyl (C=O) groups excluding carboxylic acids is 1. The molecule has 1 amide bonds. The van der Waals surface area contributed by atoms with Gasteiger partial charge in [0.1, 0.15) is 0 Å². The summed E-state index contributed by atoms with van der Waals surface area (Å²) in [5.41, 5.74) is 6.92. The van der Waals surface area contributed by atoms with Crippen molar-refractivity contribution in [3.8, 4) is 0 Å². The number of amides is 1. The van der Waals surface area contributed by atoms with Gasteiger partial charge in [-0.05, 0) is 24.8 Å². The summed E-state index contributed by atoms with van der Waals surface area (Å²) in [4.78, 5) is 11.6. The quantitative estimate of drug-likeness (QED) is 0.833. The van der Waals surface area contributed by atoms with Gasteiger partial charge in [-0.15, -0.1) is 12.4 Å². The summed E-state index contributed by atoms with van der Waals surface area (Å²) >= 11 is 0. The lowest BCUT2D eigenvalue weighted by Crippen LogP contribution is -2.42. The molecule has 0 bridgehead atoms. The Bertz CT molecular complexity index is 338. The van der Waals surface area contributed by atoms with E-state index in [0.717, 1.165) is 18.4 Å². The standard InChI is InChI=1S/C12H16N2O.ClH/c13-11(12(15)14-10-6-7-10)8-9-4-2-1-3-5-9;/h1-5,10-11H,6-8,13H2,(H,14,15);1H/t11-;/m0./s1. The molecular weight excluding hydrogens is 224 g/mol. The van der Waals surface area contributed by atoms with Crippen molar-refractivity contribution in [3.05, 3.63) is 35.9 Å². The summed E-state index contributed by atoms with van der Waals surface area (Å²) in [7, 11) is 0. The third-order valence-electron chi connectivity index (χ3n) is 2.56. The number of hydrogen-bond donors (Lipinski definition) is 2. The highest BCUT2D eigenvalue weighted by Crippen LogP contribution is 2.18. The van der Waals surface area contributed by atoms with E-state index < -0.39 is 6.04 Å². The van der Waals surface area contributed by atoms with Crippen molar-refractivity contribution in [1.29, 1.82) is 0 Å². The molecule has 0 radical (unpaired) electrons. The molecule has 88 valence electrons. The van der Waals surface area contributed by atoms with Crippen LogP contribution in [0, 0.1) is 0 Å². The predicted molar refractivity (Wildman–Crippen MR) is 66.5 cm³/mol. The minimum Gasteiger partial charge on any atom is -0.352 e. The molecule has 1 aromatic rings. The van der Waals surface area contributed by atoms with Crippen LogP contribution in [0.3, 0.4) is 0 Å². The topological polar surface area (TPSA) is 55.1 Å². The number of hydrogen-bond acceptors (Lipinski definition) is 2. The number of nitrogens with two attached hydrogens (primary N) is 1. The molecule has 0 spiro atoms. The van der Waals surface area contributed by atoms with E-state index in [0.29, 0.717) is 12.5 Å². The number of nitrogens with one attached hydrogen (secondary N) is 1. The molecule has 3 nitrogen and oxygen atoms in total. The van der Waals surface area contributed by atoms with Crippen LogP contribution in [0.15, 0.2) is 30.3 Å². The Labute approximate surface area is 102 Å². The van der Waals surface area contributed by atoms with Crippen molar-refractivity contribution in [2.24, 2.45) is 5.73 Å². The van der Waals surface area contributed by atoms with E-state index in [2.05, 4.69) is 5.32 Å². The van der Waals surface area contributed by atoms with Crippen molar-refractivity contribution in [2.45, 2.75) is 31.3 Å². The summed E-state index contributed by atoms with van der Waals surface area (Å²) < 4.78 is 0. The molecule has 1 aromatic carbocycles. The minimum atomic E-state index is -0.423. The van der Waals surface area contributed by atoms with Crippen LogP contribution in [0.1, 0.15) is 18.4 Å². The zero-order valence-electron chi connectivity index (χ0n) is 9.06. The zero-order chi connectivity index (χ0) is 10.7. The van der Waals surface area contributed by atoms with Gasteiger partial charge in [0.25, 0.3) is 0 Å². The van der Waals surface area contributed by atoms with E-state index in [1.807, 2.05) is 30.3 Å². The van der Waals surface area contributed by atoms with Crippen molar-refractivity contribution in [3.63, 3.8) is 0 Å². The Morgan fingerprint density at radius 1 is 1.38 bits per heavy atom. The second-order valence-electron chi connectivity index (χ2n) is 4.08. The van der Waals surface area contributed by atoms with Crippen LogP contribution >= 0.6 is 12.4 Å². The van der Waals surface area contributed by atoms with Gasteiger partial charge in [-0.2, -0.15) is 0 Å². The summed E-state index contributed by atoms with van der Waals surface area (Å²) in [5.74, 6) is -0.0265. The molecule has 1 aliphatic rings. The average molecular weight is 241 g/mol. The Kier molecular flexibility index (Phi) is 4.77. The molecule has 2 rings (SSSR count). The average Bonchev–Trinajstić information content (AvgIpc) is 3.03.